The summed E-state index contributed by atoms with van der Waals surface area (Å²) in [6.45, 7) is 1.64. The Bertz CT molecular complexity index is 493. The fourth-order valence-corrected chi connectivity index (χ4v) is 1.82. The molecule has 2 nitrogen and oxygen atoms in total. The van der Waals surface area contributed by atoms with Gasteiger partial charge in [0, 0.05) is 11.8 Å². The lowest BCUT2D eigenvalue weighted by molar-refractivity contribution is 0.104. The van der Waals surface area contributed by atoms with Crippen LogP contribution in [0.15, 0.2) is 30.5 Å². The normalized spacial score (nSPS) is 10.3. The third kappa shape index (κ3) is 1.94. The van der Waals surface area contributed by atoms with Gasteiger partial charge in [0.1, 0.15) is 5.82 Å². The molecule has 0 saturated heterocycles. The summed E-state index contributed by atoms with van der Waals surface area (Å²) in [4.78, 5) is 12.4. The third-order valence-corrected chi connectivity index (χ3v) is 2.83. The van der Waals surface area contributed by atoms with Crippen molar-refractivity contribution in [1.82, 2.24) is 4.37 Å². The summed E-state index contributed by atoms with van der Waals surface area (Å²) in [7, 11) is 0. The van der Waals surface area contributed by atoms with Crippen LogP contribution in [0.1, 0.15) is 20.8 Å². The van der Waals surface area contributed by atoms with Gasteiger partial charge in [-0.25, -0.2) is 8.76 Å². The molecule has 1 aromatic heterocycles. The van der Waals surface area contributed by atoms with Gasteiger partial charge < -0.3 is 0 Å². The molecule has 1 aromatic carbocycles. The lowest BCUT2D eigenvalue weighted by Gasteiger charge is -2.00. The zero-order valence-electron chi connectivity index (χ0n) is 8.03. The van der Waals surface area contributed by atoms with Crippen molar-refractivity contribution in [3.63, 3.8) is 0 Å². The van der Waals surface area contributed by atoms with Crippen LogP contribution in [0, 0.1) is 12.7 Å². The number of hydrogen-bond acceptors (Lipinski definition) is 3. The number of halogens is 1. The summed E-state index contributed by atoms with van der Waals surface area (Å²) in [5.74, 6) is -0.406. The number of carbonyl (C=O) groups excluding carboxylic acids is 1. The molecule has 0 aliphatic carbocycles. The van der Waals surface area contributed by atoms with Crippen molar-refractivity contribution >= 4 is 17.3 Å². The van der Waals surface area contributed by atoms with E-state index in [1.807, 2.05) is 0 Å². The number of benzene rings is 1. The highest BCUT2D eigenvalue weighted by molar-refractivity contribution is 7.08. The second-order valence-electron chi connectivity index (χ2n) is 3.17. The summed E-state index contributed by atoms with van der Waals surface area (Å²) >= 11 is 1.14. The Labute approximate surface area is 90.5 Å². The quantitative estimate of drug-likeness (QED) is 0.730. The van der Waals surface area contributed by atoms with E-state index in [0.29, 0.717) is 16.0 Å². The lowest BCUT2D eigenvalue weighted by atomic mass is 10.1. The van der Waals surface area contributed by atoms with Gasteiger partial charge in [-0.2, -0.15) is 0 Å². The Morgan fingerprint density at radius 2 is 2.20 bits per heavy atom. The fourth-order valence-electron chi connectivity index (χ4n) is 1.26. The van der Waals surface area contributed by atoms with Crippen molar-refractivity contribution in [2.45, 2.75) is 6.92 Å². The highest BCUT2D eigenvalue weighted by atomic mass is 32.1. The molecular weight excluding hydrogens is 213 g/mol. The first-order chi connectivity index (χ1) is 7.18. The molecule has 0 spiro atoms. The zero-order valence-corrected chi connectivity index (χ0v) is 8.84. The van der Waals surface area contributed by atoms with E-state index in [1.165, 1.54) is 12.1 Å². The van der Waals surface area contributed by atoms with Crippen LogP contribution in [0.25, 0.3) is 0 Å². The molecule has 2 rings (SSSR count). The summed E-state index contributed by atoms with van der Waals surface area (Å²) in [6.07, 6.45) is 1.58. The minimum Gasteiger partial charge on any atom is -0.288 e. The van der Waals surface area contributed by atoms with Crippen LogP contribution in [0.4, 0.5) is 4.39 Å². The average Bonchev–Trinajstić information content (AvgIpc) is 2.74. The summed E-state index contributed by atoms with van der Waals surface area (Å²) in [5.41, 5.74) is 0.975. The molecule has 0 N–H and O–H groups in total. The van der Waals surface area contributed by atoms with Gasteiger partial charge in [-0.15, -0.1) is 0 Å². The van der Waals surface area contributed by atoms with Gasteiger partial charge in [-0.1, -0.05) is 0 Å². The Morgan fingerprint density at radius 3 is 2.80 bits per heavy atom. The molecule has 0 aliphatic heterocycles. The molecule has 4 heteroatoms. The Balaban J connectivity index is 2.39. The Kier molecular flexibility index (Phi) is 2.60. The van der Waals surface area contributed by atoms with E-state index in [-0.39, 0.29) is 11.6 Å². The number of hydrogen-bond donors (Lipinski definition) is 0. The predicted octanol–water partition coefficient (Wildman–Crippen LogP) is 2.82. The molecular formula is C11H8FNOS. The van der Waals surface area contributed by atoms with Gasteiger partial charge in [0.05, 0.1) is 4.88 Å². The van der Waals surface area contributed by atoms with E-state index in [1.54, 1.807) is 25.3 Å². The van der Waals surface area contributed by atoms with Crippen molar-refractivity contribution in [3.05, 3.63) is 52.3 Å². The Hall–Kier alpha value is -1.55. The lowest BCUT2D eigenvalue weighted by Crippen LogP contribution is -1.99. The van der Waals surface area contributed by atoms with E-state index in [9.17, 15) is 9.18 Å². The monoisotopic (exact) mass is 221 g/mol. The number of rotatable bonds is 2. The maximum atomic E-state index is 13.0. The SMILES string of the molecule is Cc1cc(C(=O)c2ccns2)ccc1F. The molecule has 76 valence electrons. The van der Waals surface area contributed by atoms with Gasteiger partial charge in [0.2, 0.25) is 5.78 Å². The summed E-state index contributed by atoms with van der Waals surface area (Å²) in [5, 5.41) is 0. The molecule has 0 aliphatic rings. The van der Waals surface area contributed by atoms with Crippen LogP contribution < -0.4 is 0 Å². The van der Waals surface area contributed by atoms with Gasteiger partial charge >= 0.3 is 0 Å². The highest BCUT2D eigenvalue weighted by Gasteiger charge is 2.11. The van der Waals surface area contributed by atoms with Crippen molar-refractivity contribution in [2.75, 3.05) is 0 Å². The van der Waals surface area contributed by atoms with Crippen molar-refractivity contribution in [2.24, 2.45) is 0 Å². The van der Waals surface area contributed by atoms with Crippen molar-refractivity contribution in [3.8, 4) is 0 Å². The molecule has 0 atom stereocenters. The zero-order chi connectivity index (χ0) is 10.8. The van der Waals surface area contributed by atoms with Gasteiger partial charge in [0.15, 0.2) is 0 Å². The van der Waals surface area contributed by atoms with E-state index in [2.05, 4.69) is 4.37 Å². The summed E-state index contributed by atoms with van der Waals surface area (Å²) < 4.78 is 16.8. The van der Waals surface area contributed by atoms with Crippen LogP contribution in [0.3, 0.4) is 0 Å². The topological polar surface area (TPSA) is 30.0 Å². The highest BCUT2D eigenvalue weighted by Crippen LogP contribution is 2.15. The fraction of sp³-hybridized carbons (Fsp3) is 0.0909. The van der Waals surface area contributed by atoms with Crippen molar-refractivity contribution in [1.29, 1.82) is 0 Å². The van der Waals surface area contributed by atoms with Gasteiger partial charge in [0.25, 0.3) is 0 Å². The molecule has 2 aromatic rings. The number of carbonyl (C=O) groups is 1. The first-order valence-corrected chi connectivity index (χ1v) is 5.17. The van der Waals surface area contributed by atoms with Crippen molar-refractivity contribution < 1.29 is 9.18 Å². The number of nitrogens with zero attached hydrogens (tertiary/aromatic N) is 1. The second kappa shape index (κ2) is 3.90. The number of ketones is 1. The van der Waals surface area contributed by atoms with Gasteiger partial charge in [-0.05, 0) is 48.3 Å². The van der Waals surface area contributed by atoms with Gasteiger partial charge in [-0.3, -0.25) is 4.79 Å². The largest absolute Gasteiger partial charge is 0.288 e. The van der Waals surface area contributed by atoms with E-state index < -0.39 is 0 Å². The molecule has 0 bridgehead atoms. The average molecular weight is 221 g/mol. The van der Waals surface area contributed by atoms with E-state index >= 15 is 0 Å². The minimum atomic E-state index is -0.296. The van der Waals surface area contributed by atoms with Crippen LogP contribution in [0.5, 0.6) is 0 Å². The molecule has 15 heavy (non-hydrogen) atoms. The first-order valence-electron chi connectivity index (χ1n) is 4.40. The van der Waals surface area contributed by atoms with Crippen LogP contribution in [-0.4, -0.2) is 10.2 Å². The molecule has 1 heterocycles. The van der Waals surface area contributed by atoms with Crippen LogP contribution in [0.2, 0.25) is 0 Å². The summed E-state index contributed by atoms with van der Waals surface area (Å²) in [6, 6.07) is 6.01. The van der Waals surface area contributed by atoms with Crippen LogP contribution >= 0.6 is 11.5 Å². The minimum absolute atomic E-state index is 0.111. The van der Waals surface area contributed by atoms with Crippen LogP contribution in [-0.2, 0) is 0 Å². The molecule has 0 fully saturated rings. The van der Waals surface area contributed by atoms with E-state index in [0.717, 1.165) is 11.5 Å². The molecule has 0 amide bonds. The molecule has 0 radical (unpaired) electrons. The predicted molar refractivity (Wildman–Crippen MR) is 56.7 cm³/mol. The maximum absolute atomic E-state index is 13.0. The third-order valence-electron chi connectivity index (χ3n) is 2.08. The molecule has 0 unspecified atom stereocenters. The van der Waals surface area contributed by atoms with E-state index in [4.69, 9.17) is 0 Å². The number of aromatic nitrogens is 1. The molecule has 0 saturated carbocycles. The standard InChI is InChI=1S/C11H8FNOS/c1-7-6-8(2-3-9(7)12)11(14)10-4-5-13-15-10/h2-6H,1H3. The Morgan fingerprint density at radius 1 is 1.40 bits per heavy atom. The maximum Gasteiger partial charge on any atom is 0.204 e. The first kappa shape index (κ1) is 9.98. The smallest absolute Gasteiger partial charge is 0.204 e. The second-order valence-corrected chi connectivity index (χ2v) is 4.00. The number of aryl methyl sites for hydroxylation is 1.